The molecule has 0 aliphatic carbocycles. The molecule has 0 amide bonds. The molecule has 0 bridgehead atoms. The summed E-state index contributed by atoms with van der Waals surface area (Å²) in [6, 6.07) is 9.25. The van der Waals surface area contributed by atoms with Gasteiger partial charge in [0.1, 0.15) is 17.1 Å². The first-order valence-electron chi connectivity index (χ1n) is 6.29. The Hall–Kier alpha value is -1.78. The number of carbonyl (C=O) groups is 1. The van der Waals surface area contributed by atoms with Gasteiger partial charge in [0.25, 0.3) is 0 Å². The van der Waals surface area contributed by atoms with Gasteiger partial charge in [0.15, 0.2) is 0 Å². The average Bonchev–Trinajstić information content (AvgIpc) is 2.77. The summed E-state index contributed by atoms with van der Waals surface area (Å²) in [6.07, 6.45) is 0. The highest BCUT2D eigenvalue weighted by atomic mass is 35.5. The minimum absolute atomic E-state index is 0.0902. The van der Waals surface area contributed by atoms with Crippen LogP contribution in [0.1, 0.15) is 40.4 Å². The van der Waals surface area contributed by atoms with Crippen LogP contribution >= 0.6 is 11.6 Å². The molecule has 0 saturated carbocycles. The normalized spacial score (nSPS) is 12.3. The third kappa shape index (κ3) is 3.40. The lowest BCUT2D eigenvalue weighted by molar-refractivity contribution is 0.0695. The molecule has 0 aliphatic heterocycles. The second kappa shape index (κ2) is 6.11. The maximum absolute atomic E-state index is 10.9. The Morgan fingerprint density at radius 1 is 1.45 bits per heavy atom. The maximum Gasteiger partial charge on any atom is 0.339 e. The zero-order valence-electron chi connectivity index (χ0n) is 11.3. The van der Waals surface area contributed by atoms with Gasteiger partial charge in [0, 0.05) is 11.1 Å². The molecule has 4 nitrogen and oxygen atoms in total. The molecule has 20 heavy (non-hydrogen) atoms. The predicted octanol–water partition coefficient (Wildman–Crippen LogP) is 3.79. The van der Waals surface area contributed by atoms with Gasteiger partial charge in [-0.25, -0.2) is 4.79 Å². The summed E-state index contributed by atoms with van der Waals surface area (Å²) in [6.45, 7) is 4.12. The molecule has 0 spiro atoms. The Labute approximate surface area is 122 Å². The minimum Gasteiger partial charge on any atom is -0.478 e. The molecule has 1 aromatic carbocycles. The second-order valence-corrected chi connectivity index (χ2v) is 5.08. The van der Waals surface area contributed by atoms with Crippen molar-refractivity contribution in [3.05, 3.63) is 58.0 Å². The Morgan fingerprint density at radius 2 is 2.20 bits per heavy atom. The molecule has 1 heterocycles. The number of hydrogen-bond acceptors (Lipinski definition) is 3. The number of aryl methyl sites for hydroxylation is 1. The van der Waals surface area contributed by atoms with Crippen LogP contribution in [0.15, 0.2) is 34.7 Å². The van der Waals surface area contributed by atoms with E-state index in [2.05, 4.69) is 5.32 Å². The number of carboxylic acid groups (broad SMARTS) is 1. The van der Waals surface area contributed by atoms with Gasteiger partial charge in [-0.05, 0) is 37.6 Å². The molecule has 2 aromatic rings. The van der Waals surface area contributed by atoms with Crippen LogP contribution < -0.4 is 5.32 Å². The number of benzene rings is 1. The minimum atomic E-state index is -0.972. The quantitative estimate of drug-likeness (QED) is 0.880. The van der Waals surface area contributed by atoms with E-state index >= 15 is 0 Å². The summed E-state index contributed by atoms with van der Waals surface area (Å²) >= 11 is 5.95. The SMILES string of the molecule is Cc1oc(CN[C@@H](C)c2cccc(Cl)c2)cc1C(=O)O. The van der Waals surface area contributed by atoms with Crippen molar-refractivity contribution >= 4 is 17.6 Å². The van der Waals surface area contributed by atoms with Gasteiger partial charge in [0.2, 0.25) is 0 Å². The summed E-state index contributed by atoms with van der Waals surface area (Å²) in [4.78, 5) is 10.9. The van der Waals surface area contributed by atoms with Crippen LogP contribution in [0, 0.1) is 6.92 Å². The smallest absolute Gasteiger partial charge is 0.339 e. The first-order valence-corrected chi connectivity index (χ1v) is 6.66. The second-order valence-electron chi connectivity index (χ2n) is 4.65. The largest absolute Gasteiger partial charge is 0.478 e. The maximum atomic E-state index is 10.9. The number of furan rings is 1. The van der Waals surface area contributed by atoms with Crippen LogP contribution in [0.5, 0.6) is 0 Å². The van der Waals surface area contributed by atoms with E-state index in [1.165, 1.54) is 0 Å². The third-order valence-electron chi connectivity index (χ3n) is 3.13. The zero-order valence-corrected chi connectivity index (χ0v) is 12.1. The molecular formula is C15H16ClNO3. The lowest BCUT2D eigenvalue weighted by Gasteiger charge is -2.13. The fourth-order valence-electron chi connectivity index (χ4n) is 1.99. The van der Waals surface area contributed by atoms with Gasteiger partial charge < -0.3 is 14.8 Å². The number of halogens is 1. The number of nitrogens with one attached hydrogen (secondary N) is 1. The van der Waals surface area contributed by atoms with Crippen molar-refractivity contribution in [3.8, 4) is 0 Å². The Morgan fingerprint density at radius 3 is 2.80 bits per heavy atom. The van der Waals surface area contributed by atoms with Crippen molar-refractivity contribution in [3.63, 3.8) is 0 Å². The van der Waals surface area contributed by atoms with E-state index in [0.29, 0.717) is 23.1 Å². The topological polar surface area (TPSA) is 62.5 Å². The lowest BCUT2D eigenvalue weighted by atomic mass is 10.1. The van der Waals surface area contributed by atoms with E-state index in [4.69, 9.17) is 21.1 Å². The first-order chi connectivity index (χ1) is 9.47. The van der Waals surface area contributed by atoms with Crippen LogP contribution in [-0.4, -0.2) is 11.1 Å². The Balaban J connectivity index is 2.01. The number of hydrogen-bond donors (Lipinski definition) is 2. The van der Waals surface area contributed by atoms with E-state index in [1.54, 1.807) is 13.0 Å². The highest BCUT2D eigenvalue weighted by Crippen LogP contribution is 2.19. The molecule has 5 heteroatoms. The van der Waals surface area contributed by atoms with Gasteiger partial charge in [0.05, 0.1) is 6.54 Å². The van der Waals surface area contributed by atoms with E-state index in [1.807, 2.05) is 31.2 Å². The summed E-state index contributed by atoms with van der Waals surface area (Å²) in [5, 5.41) is 12.9. The van der Waals surface area contributed by atoms with E-state index in [-0.39, 0.29) is 11.6 Å². The average molecular weight is 294 g/mol. The summed E-state index contributed by atoms with van der Waals surface area (Å²) in [5.74, 6) is 0.0545. The van der Waals surface area contributed by atoms with Gasteiger partial charge in [-0.15, -0.1) is 0 Å². The monoisotopic (exact) mass is 293 g/mol. The Kier molecular flexibility index (Phi) is 4.47. The van der Waals surface area contributed by atoms with Crippen molar-refractivity contribution < 1.29 is 14.3 Å². The summed E-state index contributed by atoms with van der Waals surface area (Å²) in [7, 11) is 0. The van der Waals surface area contributed by atoms with Crippen LogP contribution in [0.2, 0.25) is 5.02 Å². The molecule has 1 aromatic heterocycles. The van der Waals surface area contributed by atoms with Crippen molar-refractivity contribution in [2.75, 3.05) is 0 Å². The Bertz CT molecular complexity index is 621. The fourth-order valence-corrected chi connectivity index (χ4v) is 2.19. The van der Waals surface area contributed by atoms with Gasteiger partial charge >= 0.3 is 5.97 Å². The van der Waals surface area contributed by atoms with Gasteiger partial charge in [-0.3, -0.25) is 0 Å². The van der Waals surface area contributed by atoms with Crippen molar-refractivity contribution in [2.45, 2.75) is 26.4 Å². The first kappa shape index (κ1) is 14.6. The molecule has 106 valence electrons. The molecule has 0 saturated heterocycles. The molecule has 0 fully saturated rings. The molecule has 2 N–H and O–H groups in total. The zero-order chi connectivity index (χ0) is 14.7. The van der Waals surface area contributed by atoms with Gasteiger partial charge in [-0.2, -0.15) is 0 Å². The predicted molar refractivity (Wildman–Crippen MR) is 77.1 cm³/mol. The van der Waals surface area contributed by atoms with Gasteiger partial charge in [-0.1, -0.05) is 23.7 Å². The fraction of sp³-hybridized carbons (Fsp3) is 0.267. The summed E-state index contributed by atoms with van der Waals surface area (Å²) < 4.78 is 5.42. The number of aromatic carboxylic acids is 1. The number of rotatable bonds is 5. The molecular weight excluding hydrogens is 278 g/mol. The molecule has 0 aliphatic rings. The van der Waals surface area contributed by atoms with Crippen molar-refractivity contribution in [1.29, 1.82) is 0 Å². The number of carboxylic acids is 1. The van der Waals surface area contributed by atoms with Crippen molar-refractivity contribution in [1.82, 2.24) is 5.32 Å². The molecule has 0 unspecified atom stereocenters. The van der Waals surface area contributed by atoms with Crippen LogP contribution in [0.3, 0.4) is 0 Å². The highest BCUT2D eigenvalue weighted by Gasteiger charge is 2.14. The van der Waals surface area contributed by atoms with Crippen molar-refractivity contribution in [2.24, 2.45) is 0 Å². The lowest BCUT2D eigenvalue weighted by Crippen LogP contribution is -2.17. The summed E-state index contributed by atoms with van der Waals surface area (Å²) in [5.41, 5.74) is 1.27. The highest BCUT2D eigenvalue weighted by molar-refractivity contribution is 6.30. The van der Waals surface area contributed by atoms with E-state index in [9.17, 15) is 4.79 Å². The van der Waals surface area contributed by atoms with E-state index < -0.39 is 5.97 Å². The molecule has 1 atom stereocenters. The van der Waals surface area contributed by atoms with Crippen LogP contribution in [-0.2, 0) is 6.54 Å². The standard InChI is InChI=1S/C15H16ClNO3/c1-9(11-4-3-5-12(16)6-11)17-8-13-7-14(15(18)19)10(2)20-13/h3-7,9,17H,8H2,1-2H3,(H,18,19)/t9-/m0/s1. The molecule has 0 radical (unpaired) electrons. The molecule has 2 rings (SSSR count). The van der Waals surface area contributed by atoms with Crippen LogP contribution in [0.4, 0.5) is 0 Å². The van der Waals surface area contributed by atoms with Crippen LogP contribution in [0.25, 0.3) is 0 Å². The van der Waals surface area contributed by atoms with E-state index in [0.717, 1.165) is 5.56 Å². The third-order valence-corrected chi connectivity index (χ3v) is 3.37.